The van der Waals surface area contributed by atoms with Gasteiger partial charge >= 0.3 is 0 Å². The quantitative estimate of drug-likeness (QED) is 0.886. The van der Waals surface area contributed by atoms with Crippen LogP contribution in [0.1, 0.15) is 30.7 Å². The zero-order valence-corrected chi connectivity index (χ0v) is 13.0. The van der Waals surface area contributed by atoms with E-state index in [1.54, 1.807) is 11.3 Å². The number of hydrogen-bond acceptors (Lipinski definition) is 3. The third-order valence-corrected chi connectivity index (χ3v) is 5.69. The van der Waals surface area contributed by atoms with Crippen molar-refractivity contribution in [3.05, 3.63) is 19.8 Å². The SMILES string of the molecule is CCNC(c1cc(Cl)c(Br)s1)C1CCOCC1. The van der Waals surface area contributed by atoms with Crippen LogP contribution in [-0.2, 0) is 4.74 Å². The first-order chi connectivity index (χ1) is 8.22. The molecular formula is C12H17BrClNOS. The number of hydrogen-bond donors (Lipinski definition) is 1. The third kappa shape index (κ3) is 3.44. The van der Waals surface area contributed by atoms with E-state index in [0.717, 1.165) is 41.4 Å². The topological polar surface area (TPSA) is 21.3 Å². The van der Waals surface area contributed by atoms with Gasteiger partial charge in [-0.1, -0.05) is 18.5 Å². The molecule has 1 unspecified atom stereocenters. The summed E-state index contributed by atoms with van der Waals surface area (Å²) >= 11 is 11.4. The first-order valence-electron chi connectivity index (χ1n) is 5.98. The summed E-state index contributed by atoms with van der Waals surface area (Å²) in [7, 11) is 0. The summed E-state index contributed by atoms with van der Waals surface area (Å²) in [5.74, 6) is 0.658. The second-order valence-corrected chi connectivity index (χ2v) is 7.06. The molecule has 0 amide bonds. The van der Waals surface area contributed by atoms with Crippen molar-refractivity contribution in [3.63, 3.8) is 0 Å². The van der Waals surface area contributed by atoms with E-state index in [1.165, 1.54) is 4.88 Å². The Morgan fingerprint density at radius 2 is 2.29 bits per heavy atom. The van der Waals surface area contributed by atoms with Crippen molar-refractivity contribution in [2.24, 2.45) is 5.92 Å². The van der Waals surface area contributed by atoms with Crippen LogP contribution in [0, 0.1) is 5.92 Å². The zero-order chi connectivity index (χ0) is 12.3. The molecule has 0 radical (unpaired) electrons. The lowest BCUT2D eigenvalue weighted by Crippen LogP contribution is -2.31. The Bertz CT molecular complexity index is 346. The highest BCUT2D eigenvalue weighted by Gasteiger charge is 2.26. The van der Waals surface area contributed by atoms with Crippen molar-refractivity contribution >= 4 is 38.9 Å². The van der Waals surface area contributed by atoms with Crippen LogP contribution in [0.5, 0.6) is 0 Å². The van der Waals surface area contributed by atoms with Crippen LogP contribution in [0.2, 0.25) is 5.02 Å². The van der Waals surface area contributed by atoms with E-state index in [1.807, 2.05) is 0 Å². The number of rotatable bonds is 4. The normalized spacial score (nSPS) is 19.5. The fraction of sp³-hybridized carbons (Fsp3) is 0.667. The van der Waals surface area contributed by atoms with E-state index in [0.29, 0.717) is 12.0 Å². The number of nitrogens with one attached hydrogen (secondary N) is 1. The number of halogens is 2. The molecule has 0 spiro atoms. The van der Waals surface area contributed by atoms with Crippen LogP contribution in [-0.4, -0.2) is 19.8 Å². The summed E-state index contributed by atoms with van der Waals surface area (Å²) in [6, 6.07) is 2.50. The molecule has 1 saturated heterocycles. The first-order valence-corrected chi connectivity index (χ1v) is 7.97. The van der Waals surface area contributed by atoms with Crippen molar-refractivity contribution in [2.45, 2.75) is 25.8 Å². The molecule has 1 aromatic rings. The van der Waals surface area contributed by atoms with Gasteiger partial charge in [0.15, 0.2) is 0 Å². The maximum Gasteiger partial charge on any atom is 0.0887 e. The molecule has 1 aliphatic heterocycles. The molecule has 2 rings (SSSR count). The van der Waals surface area contributed by atoms with E-state index in [9.17, 15) is 0 Å². The van der Waals surface area contributed by atoms with Gasteiger partial charge in [-0.25, -0.2) is 0 Å². The van der Waals surface area contributed by atoms with Gasteiger partial charge in [0.1, 0.15) is 0 Å². The summed E-state index contributed by atoms with van der Waals surface area (Å²) in [6.45, 7) is 4.89. The minimum atomic E-state index is 0.415. The van der Waals surface area contributed by atoms with Crippen molar-refractivity contribution < 1.29 is 4.74 Å². The van der Waals surface area contributed by atoms with Gasteiger partial charge < -0.3 is 10.1 Å². The van der Waals surface area contributed by atoms with Gasteiger partial charge in [-0.3, -0.25) is 0 Å². The van der Waals surface area contributed by atoms with Crippen LogP contribution in [0.4, 0.5) is 0 Å². The summed E-state index contributed by atoms with van der Waals surface area (Å²) in [5, 5.41) is 4.40. The van der Waals surface area contributed by atoms with Crippen LogP contribution in [0.25, 0.3) is 0 Å². The van der Waals surface area contributed by atoms with Crippen molar-refractivity contribution in [1.82, 2.24) is 5.32 Å². The highest BCUT2D eigenvalue weighted by Crippen LogP contribution is 2.39. The Morgan fingerprint density at radius 1 is 1.59 bits per heavy atom. The minimum Gasteiger partial charge on any atom is -0.381 e. The van der Waals surface area contributed by atoms with Gasteiger partial charge in [-0.05, 0) is 47.3 Å². The molecule has 0 saturated carbocycles. The van der Waals surface area contributed by atoms with E-state index in [-0.39, 0.29) is 0 Å². The number of thiophene rings is 1. The molecule has 5 heteroatoms. The molecule has 96 valence electrons. The van der Waals surface area contributed by atoms with E-state index < -0.39 is 0 Å². The van der Waals surface area contributed by atoms with Gasteiger partial charge in [-0.15, -0.1) is 11.3 Å². The van der Waals surface area contributed by atoms with Gasteiger partial charge in [0.05, 0.1) is 8.81 Å². The van der Waals surface area contributed by atoms with Crippen molar-refractivity contribution in [1.29, 1.82) is 0 Å². The smallest absolute Gasteiger partial charge is 0.0887 e. The summed E-state index contributed by atoms with van der Waals surface area (Å²) in [5.41, 5.74) is 0. The second kappa shape index (κ2) is 6.53. The molecule has 0 bridgehead atoms. The van der Waals surface area contributed by atoms with Gasteiger partial charge in [-0.2, -0.15) is 0 Å². The highest BCUT2D eigenvalue weighted by atomic mass is 79.9. The second-order valence-electron chi connectivity index (χ2n) is 4.26. The lowest BCUT2D eigenvalue weighted by Gasteiger charge is -2.30. The van der Waals surface area contributed by atoms with E-state index in [4.69, 9.17) is 16.3 Å². The fourth-order valence-electron chi connectivity index (χ4n) is 2.29. The average Bonchev–Trinajstić information content (AvgIpc) is 2.67. The molecule has 1 aliphatic rings. The fourth-order valence-corrected chi connectivity index (χ4v) is 4.20. The summed E-state index contributed by atoms with van der Waals surface area (Å²) < 4.78 is 6.46. The average molecular weight is 339 g/mol. The Hall–Kier alpha value is 0.390. The molecule has 17 heavy (non-hydrogen) atoms. The van der Waals surface area contributed by atoms with Crippen LogP contribution in [0.15, 0.2) is 9.85 Å². The Kier molecular flexibility index (Phi) is 5.30. The molecule has 0 aromatic carbocycles. The molecule has 2 nitrogen and oxygen atoms in total. The van der Waals surface area contributed by atoms with E-state index >= 15 is 0 Å². The van der Waals surface area contributed by atoms with Crippen LogP contribution in [0.3, 0.4) is 0 Å². The Labute approximate surface area is 120 Å². The van der Waals surface area contributed by atoms with E-state index in [2.05, 4.69) is 34.2 Å². The third-order valence-electron chi connectivity index (χ3n) is 3.13. The maximum atomic E-state index is 6.12. The predicted octanol–water partition coefficient (Wildman–Crippen LogP) is 4.24. The standard InChI is InChI=1S/C12H17BrClNOS/c1-2-15-11(8-3-5-16-6-4-8)10-7-9(14)12(13)17-10/h7-8,11,15H,2-6H2,1H3. The first kappa shape index (κ1) is 13.8. The molecule has 1 N–H and O–H groups in total. The molecule has 1 atom stereocenters. The highest BCUT2D eigenvalue weighted by molar-refractivity contribution is 9.11. The van der Waals surface area contributed by atoms with Gasteiger partial charge in [0.25, 0.3) is 0 Å². The summed E-state index contributed by atoms with van der Waals surface area (Å²) in [6.07, 6.45) is 2.26. The van der Waals surface area contributed by atoms with Crippen LogP contribution < -0.4 is 5.32 Å². The molecular weight excluding hydrogens is 322 g/mol. The monoisotopic (exact) mass is 337 g/mol. The Morgan fingerprint density at radius 3 is 2.82 bits per heavy atom. The zero-order valence-electron chi connectivity index (χ0n) is 9.84. The maximum absolute atomic E-state index is 6.12. The van der Waals surface area contributed by atoms with Crippen LogP contribution >= 0.6 is 38.9 Å². The predicted molar refractivity (Wildman–Crippen MR) is 77.0 cm³/mol. The molecule has 0 aliphatic carbocycles. The molecule has 1 aromatic heterocycles. The lowest BCUT2D eigenvalue weighted by molar-refractivity contribution is 0.0542. The Balaban J connectivity index is 2.15. The molecule has 1 fully saturated rings. The van der Waals surface area contributed by atoms with Crippen molar-refractivity contribution in [3.8, 4) is 0 Å². The minimum absolute atomic E-state index is 0.415. The lowest BCUT2D eigenvalue weighted by atomic mass is 9.91. The van der Waals surface area contributed by atoms with Gasteiger partial charge in [0, 0.05) is 24.1 Å². The molecule has 2 heterocycles. The van der Waals surface area contributed by atoms with Crippen molar-refractivity contribution in [2.75, 3.05) is 19.8 Å². The van der Waals surface area contributed by atoms with Gasteiger partial charge in [0.2, 0.25) is 0 Å². The summed E-state index contributed by atoms with van der Waals surface area (Å²) in [4.78, 5) is 1.33. The largest absolute Gasteiger partial charge is 0.381 e. The number of ether oxygens (including phenoxy) is 1.